The molecule has 0 radical (unpaired) electrons. The van der Waals surface area contributed by atoms with Gasteiger partial charge in [-0.15, -0.1) is 11.3 Å². The van der Waals surface area contributed by atoms with Crippen LogP contribution in [0.25, 0.3) is 10.2 Å². The summed E-state index contributed by atoms with van der Waals surface area (Å²) in [6, 6.07) is 5.78. The summed E-state index contributed by atoms with van der Waals surface area (Å²) in [5.74, 6) is 0.844. The van der Waals surface area contributed by atoms with Crippen molar-refractivity contribution in [2.45, 2.75) is 26.7 Å². The molecule has 1 aromatic carbocycles. The van der Waals surface area contributed by atoms with E-state index in [1.807, 2.05) is 23.7 Å². The molecular formula is C15H21N3OS. The third-order valence-electron chi connectivity index (χ3n) is 3.23. The van der Waals surface area contributed by atoms with Crippen LogP contribution >= 0.6 is 11.3 Å². The van der Waals surface area contributed by atoms with Crippen LogP contribution in [0.4, 0.5) is 5.69 Å². The van der Waals surface area contributed by atoms with Crippen molar-refractivity contribution in [1.29, 1.82) is 0 Å². The molecule has 4 nitrogen and oxygen atoms in total. The molecule has 0 fully saturated rings. The quantitative estimate of drug-likeness (QED) is 0.858. The highest BCUT2D eigenvalue weighted by molar-refractivity contribution is 7.16. The minimum absolute atomic E-state index is 0.0324. The molecule has 1 aromatic heterocycles. The number of hydrogen-bond acceptors (Lipinski definition) is 4. The molecule has 0 aliphatic rings. The van der Waals surface area contributed by atoms with Gasteiger partial charge in [0.05, 0.1) is 15.7 Å². The van der Waals surface area contributed by atoms with Crippen molar-refractivity contribution in [3.8, 4) is 0 Å². The lowest BCUT2D eigenvalue weighted by molar-refractivity contribution is -0.117. The van der Waals surface area contributed by atoms with Gasteiger partial charge in [-0.2, -0.15) is 0 Å². The Bertz CT molecular complexity index is 579. The highest BCUT2D eigenvalue weighted by atomic mass is 32.1. The Balaban J connectivity index is 1.96. The summed E-state index contributed by atoms with van der Waals surface area (Å²) in [4.78, 5) is 16.3. The van der Waals surface area contributed by atoms with Gasteiger partial charge in [-0.25, -0.2) is 4.98 Å². The summed E-state index contributed by atoms with van der Waals surface area (Å²) in [6.07, 6.45) is 1.47. The number of thiazole rings is 1. The fourth-order valence-electron chi connectivity index (χ4n) is 2.34. The second-order valence-electron chi connectivity index (χ2n) is 5.52. The Morgan fingerprint density at radius 1 is 1.45 bits per heavy atom. The summed E-state index contributed by atoms with van der Waals surface area (Å²) in [6.45, 7) is 4.86. The third kappa shape index (κ3) is 4.02. The number of nitrogens with zero attached hydrogens (tertiary/aromatic N) is 1. The maximum Gasteiger partial charge on any atom is 0.224 e. The summed E-state index contributed by atoms with van der Waals surface area (Å²) < 4.78 is 1.08. The van der Waals surface area contributed by atoms with Crippen molar-refractivity contribution in [3.63, 3.8) is 0 Å². The van der Waals surface area contributed by atoms with Crippen LogP contribution < -0.4 is 11.1 Å². The lowest BCUT2D eigenvalue weighted by atomic mass is 9.94. The first-order valence-corrected chi connectivity index (χ1v) is 7.79. The van der Waals surface area contributed by atoms with Gasteiger partial charge >= 0.3 is 0 Å². The standard InChI is InChI=1S/C15H21N3OS/c1-10(2)5-11(8-16)6-15(19)18-12-3-4-13-14(7-12)20-9-17-13/h3-4,7,9-11H,5-6,8,16H2,1-2H3,(H,18,19)/t11-/m0/s1. The molecule has 0 unspecified atom stereocenters. The predicted octanol–water partition coefficient (Wildman–Crippen LogP) is 3.25. The van der Waals surface area contributed by atoms with Gasteiger partial charge in [0.25, 0.3) is 0 Å². The highest BCUT2D eigenvalue weighted by Crippen LogP contribution is 2.22. The lowest BCUT2D eigenvalue weighted by Crippen LogP contribution is -2.23. The van der Waals surface area contributed by atoms with Gasteiger partial charge in [0.2, 0.25) is 5.91 Å². The highest BCUT2D eigenvalue weighted by Gasteiger charge is 2.14. The number of rotatable bonds is 6. The number of nitrogens with two attached hydrogens (primary N) is 1. The maximum atomic E-state index is 12.1. The van der Waals surface area contributed by atoms with Crippen molar-refractivity contribution in [1.82, 2.24) is 4.98 Å². The average molecular weight is 291 g/mol. The van der Waals surface area contributed by atoms with Crippen molar-refractivity contribution in [2.75, 3.05) is 11.9 Å². The number of fused-ring (bicyclic) bond motifs is 1. The van der Waals surface area contributed by atoms with Crippen LogP contribution in [-0.4, -0.2) is 17.4 Å². The van der Waals surface area contributed by atoms with E-state index in [-0.39, 0.29) is 11.8 Å². The largest absolute Gasteiger partial charge is 0.330 e. The van der Waals surface area contributed by atoms with Gasteiger partial charge in [-0.3, -0.25) is 4.79 Å². The maximum absolute atomic E-state index is 12.1. The minimum Gasteiger partial charge on any atom is -0.330 e. The van der Waals surface area contributed by atoms with E-state index in [1.54, 1.807) is 11.3 Å². The van der Waals surface area contributed by atoms with E-state index in [9.17, 15) is 4.79 Å². The average Bonchev–Trinajstić information content (AvgIpc) is 2.84. The summed E-state index contributed by atoms with van der Waals surface area (Å²) >= 11 is 1.57. The van der Waals surface area contributed by atoms with Gasteiger partial charge < -0.3 is 11.1 Å². The second kappa shape index (κ2) is 6.81. The molecule has 0 saturated heterocycles. The van der Waals surface area contributed by atoms with Crippen LogP contribution in [0.3, 0.4) is 0 Å². The SMILES string of the molecule is CC(C)C[C@H](CN)CC(=O)Nc1ccc2ncsc2c1. The summed E-state index contributed by atoms with van der Waals surface area (Å²) in [7, 11) is 0. The van der Waals surface area contributed by atoms with E-state index < -0.39 is 0 Å². The molecule has 1 atom stereocenters. The number of nitrogens with one attached hydrogen (secondary N) is 1. The van der Waals surface area contributed by atoms with Crippen molar-refractivity contribution in [3.05, 3.63) is 23.7 Å². The third-order valence-corrected chi connectivity index (χ3v) is 4.02. The molecule has 0 aliphatic carbocycles. The van der Waals surface area contributed by atoms with Crippen molar-refractivity contribution in [2.24, 2.45) is 17.6 Å². The van der Waals surface area contributed by atoms with Crippen molar-refractivity contribution < 1.29 is 4.79 Å². The second-order valence-corrected chi connectivity index (χ2v) is 6.40. The zero-order valence-corrected chi connectivity index (χ0v) is 12.7. The Kier molecular flexibility index (Phi) is 5.09. The van der Waals surface area contributed by atoms with E-state index in [4.69, 9.17) is 5.73 Å². The van der Waals surface area contributed by atoms with E-state index in [1.165, 1.54) is 0 Å². The summed E-state index contributed by atoms with van der Waals surface area (Å²) in [5, 5.41) is 2.95. The zero-order valence-electron chi connectivity index (χ0n) is 11.9. The fourth-order valence-corrected chi connectivity index (χ4v) is 3.05. The van der Waals surface area contributed by atoms with Gasteiger partial charge in [0, 0.05) is 12.1 Å². The first-order chi connectivity index (χ1) is 9.58. The molecule has 3 N–H and O–H groups in total. The van der Waals surface area contributed by atoms with Crippen molar-refractivity contribution >= 4 is 33.1 Å². The van der Waals surface area contributed by atoms with Crippen LogP contribution in [-0.2, 0) is 4.79 Å². The Labute approximate surface area is 123 Å². The van der Waals surface area contributed by atoms with Crippen LogP contribution in [0.15, 0.2) is 23.7 Å². The number of carbonyl (C=O) groups is 1. The van der Waals surface area contributed by atoms with Crippen LogP contribution in [0.2, 0.25) is 0 Å². The first kappa shape index (κ1) is 14.9. The molecule has 108 valence electrons. The molecule has 1 amide bonds. The molecular weight excluding hydrogens is 270 g/mol. The Morgan fingerprint density at radius 3 is 2.95 bits per heavy atom. The van der Waals surface area contributed by atoms with E-state index >= 15 is 0 Å². The molecule has 0 aliphatic heterocycles. The van der Waals surface area contributed by atoms with Crippen LogP contribution in [0.1, 0.15) is 26.7 Å². The number of carbonyl (C=O) groups excluding carboxylic acids is 1. The van der Waals surface area contributed by atoms with E-state index in [0.717, 1.165) is 22.3 Å². The molecule has 2 rings (SSSR count). The van der Waals surface area contributed by atoms with Crippen LogP contribution in [0.5, 0.6) is 0 Å². The fraction of sp³-hybridized carbons (Fsp3) is 0.467. The molecule has 20 heavy (non-hydrogen) atoms. The Morgan fingerprint density at radius 2 is 2.25 bits per heavy atom. The van der Waals surface area contributed by atoms with Crippen LogP contribution in [0, 0.1) is 11.8 Å². The van der Waals surface area contributed by atoms with Gasteiger partial charge in [-0.05, 0) is 43.0 Å². The zero-order chi connectivity index (χ0) is 14.5. The Hall–Kier alpha value is -1.46. The van der Waals surface area contributed by atoms with Gasteiger partial charge in [0.15, 0.2) is 0 Å². The number of benzene rings is 1. The predicted molar refractivity (Wildman–Crippen MR) is 84.9 cm³/mol. The number of amides is 1. The molecule has 0 spiro atoms. The number of aromatic nitrogens is 1. The molecule has 2 aromatic rings. The van der Waals surface area contributed by atoms with E-state index in [0.29, 0.717) is 18.9 Å². The normalized spacial score (nSPS) is 12.8. The number of hydrogen-bond donors (Lipinski definition) is 2. The molecule has 0 saturated carbocycles. The van der Waals surface area contributed by atoms with E-state index in [2.05, 4.69) is 24.1 Å². The lowest BCUT2D eigenvalue weighted by Gasteiger charge is -2.16. The molecule has 0 bridgehead atoms. The minimum atomic E-state index is 0.0324. The van der Waals surface area contributed by atoms with Gasteiger partial charge in [-0.1, -0.05) is 13.8 Å². The number of anilines is 1. The van der Waals surface area contributed by atoms with Gasteiger partial charge in [0.1, 0.15) is 0 Å². The molecule has 1 heterocycles. The monoisotopic (exact) mass is 291 g/mol. The smallest absolute Gasteiger partial charge is 0.224 e. The first-order valence-electron chi connectivity index (χ1n) is 6.91. The summed E-state index contributed by atoms with van der Waals surface area (Å²) in [5.41, 5.74) is 9.34. The molecule has 5 heteroatoms. The topological polar surface area (TPSA) is 68.0 Å².